The fraction of sp³-hybridized carbons (Fsp3) is 0.167. The lowest BCUT2D eigenvalue weighted by molar-refractivity contribution is -0.137. The van der Waals surface area contributed by atoms with E-state index in [9.17, 15) is 18.0 Å². The Bertz CT molecular complexity index is 940. The molecule has 0 radical (unpaired) electrons. The van der Waals surface area contributed by atoms with E-state index in [4.69, 9.17) is 16.0 Å². The van der Waals surface area contributed by atoms with Crippen LogP contribution < -0.4 is 5.32 Å². The molecular weight excluding hydrogens is 383 g/mol. The van der Waals surface area contributed by atoms with Crippen LogP contribution in [-0.2, 0) is 17.4 Å². The number of rotatable bonds is 5. The van der Waals surface area contributed by atoms with Crippen molar-refractivity contribution in [3.05, 3.63) is 65.0 Å². The molecule has 0 fully saturated rings. The van der Waals surface area contributed by atoms with Gasteiger partial charge in [0.1, 0.15) is 0 Å². The van der Waals surface area contributed by atoms with Gasteiger partial charge in [0.15, 0.2) is 0 Å². The van der Waals surface area contributed by atoms with Gasteiger partial charge in [0.05, 0.1) is 11.3 Å². The van der Waals surface area contributed by atoms with Crippen molar-refractivity contribution in [2.45, 2.75) is 19.0 Å². The maximum atomic E-state index is 12.9. The number of halogens is 4. The van der Waals surface area contributed by atoms with Crippen LogP contribution in [0.2, 0.25) is 5.02 Å². The number of hydrogen-bond acceptors (Lipinski definition) is 4. The van der Waals surface area contributed by atoms with Gasteiger partial charge in [-0.15, -0.1) is 10.2 Å². The van der Waals surface area contributed by atoms with Crippen molar-refractivity contribution < 1.29 is 22.4 Å². The fourth-order valence-corrected chi connectivity index (χ4v) is 2.46. The van der Waals surface area contributed by atoms with Gasteiger partial charge in [0.25, 0.3) is 0 Å². The largest absolute Gasteiger partial charge is 0.421 e. The quantitative estimate of drug-likeness (QED) is 0.661. The van der Waals surface area contributed by atoms with Gasteiger partial charge in [-0.1, -0.05) is 23.7 Å². The maximum Gasteiger partial charge on any atom is 0.418 e. The molecule has 27 heavy (non-hydrogen) atoms. The second-order valence-electron chi connectivity index (χ2n) is 5.60. The van der Waals surface area contributed by atoms with Crippen LogP contribution in [0.1, 0.15) is 17.9 Å². The third kappa shape index (κ3) is 4.85. The van der Waals surface area contributed by atoms with Gasteiger partial charge in [-0.2, -0.15) is 13.2 Å². The first-order valence-electron chi connectivity index (χ1n) is 7.87. The minimum absolute atomic E-state index is 0.0978. The molecule has 0 bridgehead atoms. The van der Waals surface area contributed by atoms with Gasteiger partial charge >= 0.3 is 6.18 Å². The van der Waals surface area contributed by atoms with Crippen LogP contribution >= 0.6 is 11.6 Å². The summed E-state index contributed by atoms with van der Waals surface area (Å²) in [5.41, 5.74) is -0.523. The van der Waals surface area contributed by atoms with E-state index in [-0.39, 0.29) is 30.3 Å². The number of para-hydroxylation sites is 1. The van der Waals surface area contributed by atoms with Crippen molar-refractivity contribution in [3.63, 3.8) is 0 Å². The average Bonchev–Trinajstić information content (AvgIpc) is 3.09. The Morgan fingerprint density at radius 2 is 1.78 bits per heavy atom. The molecule has 0 aliphatic rings. The van der Waals surface area contributed by atoms with Crippen molar-refractivity contribution in [3.8, 4) is 11.5 Å². The molecular formula is C18H13ClF3N3O2. The highest BCUT2D eigenvalue weighted by Crippen LogP contribution is 2.34. The molecule has 5 nitrogen and oxygen atoms in total. The predicted octanol–water partition coefficient (Wildman–Crippen LogP) is 4.98. The second-order valence-corrected chi connectivity index (χ2v) is 6.04. The van der Waals surface area contributed by atoms with Crippen LogP contribution in [0.15, 0.2) is 52.9 Å². The first-order chi connectivity index (χ1) is 12.8. The third-order valence-electron chi connectivity index (χ3n) is 3.63. The van der Waals surface area contributed by atoms with Crippen LogP contribution in [0.5, 0.6) is 0 Å². The topological polar surface area (TPSA) is 68.0 Å². The van der Waals surface area contributed by atoms with Crippen molar-refractivity contribution >= 4 is 23.2 Å². The molecule has 140 valence electrons. The van der Waals surface area contributed by atoms with E-state index in [0.29, 0.717) is 10.6 Å². The van der Waals surface area contributed by atoms with E-state index in [0.717, 1.165) is 6.07 Å². The summed E-state index contributed by atoms with van der Waals surface area (Å²) in [6.07, 6.45) is -4.56. The molecule has 1 N–H and O–H groups in total. The van der Waals surface area contributed by atoms with Gasteiger partial charge in [-0.25, -0.2) is 0 Å². The van der Waals surface area contributed by atoms with Gasteiger partial charge in [-0.05, 0) is 36.4 Å². The van der Waals surface area contributed by atoms with Crippen molar-refractivity contribution in [1.29, 1.82) is 0 Å². The summed E-state index contributed by atoms with van der Waals surface area (Å²) in [6, 6.07) is 11.5. The van der Waals surface area contributed by atoms with E-state index < -0.39 is 17.6 Å². The molecule has 3 aromatic rings. The predicted molar refractivity (Wildman–Crippen MR) is 93.1 cm³/mol. The molecule has 0 saturated heterocycles. The van der Waals surface area contributed by atoms with E-state index in [1.54, 1.807) is 24.3 Å². The van der Waals surface area contributed by atoms with Crippen molar-refractivity contribution in [2.24, 2.45) is 0 Å². The van der Waals surface area contributed by atoms with Crippen LogP contribution in [0.3, 0.4) is 0 Å². The van der Waals surface area contributed by atoms with E-state index in [1.165, 1.54) is 18.2 Å². The number of benzene rings is 2. The Morgan fingerprint density at radius 3 is 2.48 bits per heavy atom. The second kappa shape index (κ2) is 7.79. The Morgan fingerprint density at radius 1 is 1.07 bits per heavy atom. The first kappa shape index (κ1) is 18.9. The van der Waals surface area contributed by atoms with E-state index in [1.807, 2.05) is 0 Å². The number of nitrogens with zero attached hydrogens (tertiary/aromatic N) is 2. The summed E-state index contributed by atoms with van der Waals surface area (Å²) in [5, 5.41) is 10.6. The smallest absolute Gasteiger partial charge is 0.418 e. The molecule has 0 atom stereocenters. The Kier molecular flexibility index (Phi) is 5.46. The minimum Gasteiger partial charge on any atom is -0.421 e. The number of aryl methyl sites for hydroxylation is 1. The highest BCUT2D eigenvalue weighted by Gasteiger charge is 2.33. The highest BCUT2D eigenvalue weighted by atomic mass is 35.5. The van der Waals surface area contributed by atoms with E-state index in [2.05, 4.69) is 15.5 Å². The van der Waals surface area contributed by atoms with E-state index >= 15 is 0 Å². The molecule has 2 aromatic carbocycles. The molecule has 0 unspecified atom stereocenters. The molecule has 0 aliphatic carbocycles. The van der Waals surface area contributed by atoms with Gasteiger partial charge in [0.2, 0.25) is 17.7 Å². The molecule has 1 heterocycles. The zero-order valence-electron chi connectivity index (χ0n) is 13.8. The monoisotopic (exact) mass is 395 g/mol. The summed E-state index contributed by atoms with van der Waals surface area (Å²) in [4.78, 5) is 12.0. The number of amides is 1. The number of anilines is 1. The standard InChI is InChI=1S/C18H13ClF3N3O2/c19-12-7-5-11(6-8-12)17-25-24-16(27-17)10-9-15(26)23-14-4-2-1-3-13(14)18(20,21)22/h1-8H,9-10H2,(H,23,26). The summed E-state index contributed by atoms with van der Waals surface area (Å²) in [5.74, 6) is -0.110. The number of alkyl halides is 3. The number of aromatic nitrogens is 2. The summed E-state index contributed by atoms with van der Waals surface area (Å²) in [6.45, 7) is 0. The Balaban J connectivity index is 1.61. The van der Waals surface area contributed by atoms with Crippen LogP contribution in [0.4, 0.5) is 18.9 Å². The fourth-order valence-electron chi connectivity index (χ4n) is 2.34. The summed E-state index contributed by atoms with van der Waals surface area (Å²) >= 11 is 5.81. The zero-order chi connectivity index (χ0) is 19.4. The summed E-state index contributed by atoms with van der Waals surface area (Å²) in [7, 11) is 0. The van der Waals surface area contributed by atoms with Gasteiger partial charge in [0, 0.05) is 23.4 Å². The van der Waals surface area contributed by atoms with Crippen molar-refractivity contribution in [2.75, 3.05) is 5.32 Å². The molecule has 1 amide bonds. The minimum atomic E-state index is -4.55. The molecule has 9 heteroatoms. The first-order valence-corrected chi connectivity index (χ1v) is 8.25. The Labute approximate surface area is 157 Å². The zero-order valence-corrected chi connectivity index (χ0v) is 14.5. The normalized spacial score (nSPS) is 11.4. The third-order valence-corrected chi connectivity index (χ3v) is 3.88. The van der Waals surface area contributed by atoms with Crippen LogP contribution in [-0.4, -0.2) is 16.1 Å². The molecule has 0 spiro atoms. The number of hydrogen-bond donors (Lipinski definition) is 1. The van der Waals surface area contributed by atoms with Crippen LogP contribution in [0.25, 0.3) is 11.5 Å². The number of carbonyl (C=O) groups is 1. The summed E-state index contributed by atoms with van der Waals surface area (Å²) < 4.78 is 44.3. The number of carbonyl (C=O) groups excluding carboxylic acids is 1. The van der Waals surface area contributed by atoms with Crippen LogP contribution in [0, 0.1) is 0 Å². The van der Waals surface area contributed by atoms with Gasteiger partial charge in [-0.3, -0.25) is 4.79 Å². The molecule has 0 saturated carbocycles. The molecule has 1 aromatic heterocycles. The Hall–Kier alpha value is -2.87. The lowest BCUT2D eigenvalue weighted by atomic mass is 10.1. The van der Waals surface area contributed by atoms with Gasteiger partial charge < -0.3 is 9.73 Å². The van der Waals surface area contributed by atoms with Crippen molar-refractivity contribution in [1.82, 2.24) is 10.2 Å². The SMILES string of the molecule is O=C(CCc1nnc(-c2ccc(Cl)cc2)o1)Nc1ccccc1C(F)(F)F. The lowest BCUT2D eigenvalue weighted by Crippen LogP contribution is -2.16. The lowest BCUT2D eigenvalue weighted by Gasteiger charge is -2.13. The average molecular weight is 396 g/mol. The maximum absolute atomic E-state index is 12.9. The molecule has 0 aliphatic heterocycles. The highest BCUT2D eigenvalue weighted by molar-refractivity contribution is 6.30. The number of nitrogens with one attached hydrogen (secondary N) is 1. The molecule has 3 rings (SSSR count).